The predicted octanol–water partition coefficient (Wildman–Crippen LogP) is 3.25. The molecule has 0 aliphatic heterocycles. The lowest BCUT2D eigenvalue weighted by Crippen LogP contribution is -2.40. The molecular weight excluding hydrogens is 318 g/mol. The van der Waals surface area contributed by atoms with Crippen LogP contribution in [0.15, 0.2) is 24.3 Å². The molecule has 0 aliphatic carbocycles. The van der Waals surface area contributed by atoms with Crippen molar-refractivity contribution in [2.24, 2.45) is 5.92 Å². The van der Waals surface area contributed by atoms with Crippen molar-refractivity contribution in [2.45, 2.75) is 19.9 Å². The number of alkyl halides is 1. The minimum absolute atomic E-state index is 0.000310. The standard InChI is InChI=1S/C13H17BrClNO2/c1-9(7-14)10(2)16-13(17)8-18-12-5-3-4-11(15)6-12/h3-6,9-10H,7-8H2,1-2H3,(H,16,17). The van der Waals surface area contributed by atoms with Crippen LogP contribution in [-0.4, -0.2) is 23.9 Å². The summed E-state index contributed by atoms with van der Waals surface area (Å²) in [7, 11) is 0. The van der Waals surface area contributed by atoms with Crippen molar-refractivity contribution < 1.29 is 9.53 Å². The Morgan fingerprint density at radius 2 is 2.22 bits per heavy atom. The molecule has 3 nitrogen and oxygen atoms in total. The van der Waals surface area contributed by atoms with Crippen LogP contribution >= 0.6 is 27.5 Å². The van der Waals surface area contributed by atoms with Gasteiger partial charge in [-0.3, -0.25) is 4.79 Å². The summed E-state index contributed by atoms with van der Waals surface area (Å²) >= 11 is 9.21. The molecule has 2 unspecified atom stereocenters. The lowest BCUT2D eigenvalue weighted by Gasteiger charge is -2.19. The summed E-state index contributed by atoms with van der Waals surface area (Å²) in [5.74, 6) is 0.842. The maximum Gasteiger partial charge on any atom is 0.258 e. The summed E-state index contributed by atoms with van der Waals surface area (Å²) < 4.78 is 5.35. The molecule has 100 valence electrons. The van der Waals surface area contributed by atoms with Crippen LogP contribution in [0.5, 0.6) is 5.75 Å². The van der Waals surface area contributed by atoms with E-state index < -0.39 is 0 Å². The zero-order valence-corrected chi connectivity index (χ0v) is 12.8. The molecule has 0 heterocycles. The van der Waals surface area contributed by atoms with Crippen molar-refractivity contribution in [3.05, 3.63) is 29.3 Å². The molecule has 0 spiro atoms. The van der Waals surface area contributed by atoms with Gasteiger partial charge in [0.05, 0.1) is 0 Å². The van der Waals surface area contributed by atoms with E-state index in [1.54, 1.807) is 24.3 Å². The van der Waals surface area contributed by atoms with Crippen LogP contribution in [0, 0.1) is 5.92 Å². The topological polar surface area (TPSA) is 38.3 Å². The maximum atomic E-state index is 11.6. The summed E-state index contributed by atoms with van der Waals surface area (Å²) in [6.07, 6.45) is 0. The van der Waals surface area contributed by atoms with Gasteiger partial charge in [0.15, 0.2) is 6.61 Å². The first kappa shape index (κ1) is 15.3. The van der Waals surface area contributed by atoms with E-state index in [9.17, 15) is 4.79 Å². The van der Waals surface area contributed by atoms with Crippen LogP contribution in [0.2, 0.25) is 5.02 Å². The van der Waals surface area contributed by atoms with Crippen LogP contribution in [-0.2, 0) is 4.79 Å². The first-order chi connectivity index (χ1) is 8.52. The number of benzene rings is 1. The number of ether oxygens (including phenoxy) is 1. The third-order valence-corrected chi connectivity index (χ3v) is 3.91. The van der Waals surface area contributed by atoms with Gasteiger partial charge in [0, 0.05) is 16.4 Å². The zero-order valence-electron chi connectivity index (χ0n) is 10.5. The summed E-state index contributed by atoms with van der Waals surface area (Å²) in [5.41, 5.74) is 0. The second-order valence-electron chi connectivity index (χ2n) is 4.23. The number of amides is 1. The number of carbonyl (C=O) groups excluding carboxylic acids is 1. The molecular formula is C13H17BrClNO2. The smallest absolute Gasteiger partial charge is 0.258 e. The van der Waals surface area contributed by atoms with Crippen molar-refractivity contribution in [1.82, 2.24) is 5.32 Å². The van der Waals surface area contributed by atoms with E-state index in [-0.39, 0.29) is 18.6 Å². The van der Waals surface area contributed by atoms with E-state index in [1.807, 2.05) is 6.92 Å². The van der Waals surface area contributed by atoms with Gasteiger partial charge < -0.3 is 10.1 Å². The first-order valence-corrected chi connectivity index (χ1v) is 7.26. The van der Waals surface area contributed by atoms with E-state index in [0.717, 1.165) is 5.33 Å². The minimum atomic E-state index is -0.129. The van der Waals surface area contributed by atoms with Gasteiger partial charge >= 0.3 is 0 Å². The van der Waals surface area contributed by atoms with Gasteiger partial charge in [-0.25, -0.2) is 0 Å². The molecule has 0 saturated heterocycles. The molecule has 18 heavy (non-hydrogen) atoms. The molecule has 0 bridgehead atoms. The van der Waals surface area contributed by atoms with E-state index in [4.69, 9.17) is 16.3 Å². The van der Waals surface area contributed by atoms with Crippen LogP contribution in [0.3, 0.4) is 0 Å². The highest BCUT2D eigenvalue weighted by Crippen LogP contribution is 2.16. The number of hydrogen-bond donors (Lipinski definition) is 1. The highest BCUT2D eigenvalue weighted by Gasteiger charge is 2.13. The normalized spacial score (nSPS) is 13.8. The molecule has 1 N–H and O–H groups in total. The predicted molar refractivity (Wildman–Crippen MR) is 77.5 cm³/mol. The lowest BCUT2D eigenvalue weighted by molar-refractivity contribution is -0.123. The van der Waals surface area contributed by atoms with Gasteiger partial charge in [-0.05, 0) is 31.0 Å². The molecule has 0 fully saturated rings. The molecule has 0 aliphatic rings. The molecule has 2 atom stereocenters. The second kappa shape index (κ2) is 7.64. The van der Waals surface area contributed by atoms with Crippen LogP contribution in [0.1, 0.15) is 13.8 Å². The second-order valence-corrected chi connectivity index (χ2v) is 5.32. The SMILES string of the molecule is CC(CBr)C(C)NC(=O)COc1cccc(Cl)c1. The fraction of sp³-hybridized carbons (Fsp3) is 0.462. The monoisotopic (exact) mass is 333 g/mol. The fourth-order valence-electron chi connectivity index (χ4n) is 1.28. The molecule has 0 radical (unpaired) electrons. The van der Waals surface area contributed by atoms with Gasteiger partial charge in [-0.2, -0.15) is 0 Å². The highest BCUT2D eigenvalue weighted by atomic mass is 79.9. The fourth-order valence-corrected chi connectivity index (χ4v) is 2.02. The van der Waals surface area contributed by atoms with Gasteiger partial charge in [-0.1, -0.05) is 40.5 Å². The molecule has 1 aromatic rings. The van der Waals surface area contributed by atoms with E-state index >= 15 is 0 Å². The summed E-state index contributed by atoms with van der Waals surface area (Å²) in [4.78, 5) is 11.6. The summed E-state index contributed by atoms with van der Waals surface area (Å²) in [6.45, 7) is 4.04. The van der Waals surface area contributed by atoms with E-state index in [2.05, 4.69) is 28.2 Å². The number of halogens is 2. The zero-order chi connectivity index (χ0) is 13.5. The average molecular weight is 335 g/mol. The maximum absolute atomic E-state index is 11.6. The van der Waals surface area contributed by atoms with Crippen molar-refractivity contribution in [3.8, 4) is 5.75 Å². The highest BCUT2D eigenvalue weighted by molar-refractivity contribution is 9.09. The lowest BCUT2D eigenvalue weighted by atomic mass is 10.1. The van der Waals surface area contributed by atoms with Crippen LogP contribution in [0.25, 0.3) is 0 Å². The summed E-state index contributed by atoms with van der Waals surface area (Å²) in [6, 6.07) is 7.10. The molecule has 5 heteroatoms. The number of rotatable bonds is 6. The Morgan fingerprint density at radius 3 is 2.83 bits per heavy atom. The van der Waals surface area contributed by atoms with Crippen molar-refractivity contribution in [3.63, 3.8) is 0 Å². The molecule has 0 aromatic heterocycles. The minimum Gasteiger partial charge on any atom is -0.484 e. The average Bonchev–Trinajstić information content (AvgIpc) is 2.35. The quantitative estimate of drug-likeness (QED) is 0.811. The van der Waals surface area contributed by atoms with Gasteiger partial charge in [0.25, 0.3) is 5.91 Å². The Hall–Kier alpha value is -0.740. The Bertz CT molecular complexity index is 400. The third kappa shape index (κ3) is 5.27. The Kier molecular flexibility index (Phi) is 6.50. The van der Waals surface area contributed by atoms with Crippen molar-refractivity contribution in [2.75, 3.05) is 11.9 Å². The largest absolute Gasteiger partial charge is 0.484 e. The van der Waals surface area contributed by atoms with Gasteiger partial charge in [0.2, 0.25) is 0 Å². The van der Waals surface area contributed by atoms with Gasteiger partial charge in [-0.15, -0.1) is 0 Å². The molecule has 1 amide bonds. The molecule has 1 rings (SSSR count). The Balaban J connectivity index is 2.37. The van der Waals surface area contributed by atoms with Crippen molar-refractivity contribution in [1.29, 1.82) is 0 Å². The first-order valence-electron chi connectivity index (χ1n) is 5.76. The third-order valence-electron chi connectivity index (χ3n) is 2.65. The van der Waals surface area contributed by atoms with Crippen molar-refractivity contribution >= 4 is 33.4 Å². The van der Waals surface area contributed by atoms with Crippen LogP contribution < -0.4 is 10.1 Å². The molecule has 0 saturated carbocycles. The Morgan fingerprint density at radius 1 is 1.50 bits per heavy atom. The van der Waals surface area contributed by atoms with E-state index in [1.165, 1.54) is 0 Å². The van der Waals surface area contributed by atoms with Crippen LogP contribution in [0.4, 0.5) is 0 Å². The summed E-state index contributed by atoms with van der Waals surface area (Å²) in [5, 5.41) is 4.33. The Labute approximate surface area is 121 Å². The number of nitrogens with one attached hydrogen (secondary N) is 1. The molecule has 1 aromatic carbocycles. The van der Waals surface area contributed by atoms with E-state index in [0.29, 0.717) is 16.7 Å². The number of hydrogen-bond acceptors (Lipinski definition) is 2. The number of carbonyl (C=O) groups is 1. The van der Waals surface area contributed by atoms with Gasteiger partial charge in [0.1, 0.15) is 5.75 Å².